The normalized spacial score (nSPS) is 17.7. The van der Waals surface area contributed by atoms with Gasteiger partial charge in [0.2, 0.25) is 0 Å². The number of nitrogens with zero attached hydrogens (tertiary/aromatic N) is 3. The summed E-state index contributed by atoms with van der Waals surface area (Å²) in [6.45, 7) is 0. The quantitative estimate of drug-likeness (QED) is 0.613. The summed E-state index contributed by atoms with van der Waals surface area (Å²) >= 11 is 1.52. The van der Waals surface area contributed by atoms with Crippen molar-refractivity contribution in [3.63, 3.8) is 0 Å². The molecule has 5 rings (SSSR count). The fourth-order valence-corrected chi connectivity index (χ4v) is 4.91. The van der Waals surface area contributed by atoms with E-state index in [0.29, 0.717) is 24.2 Å². The molecule has 9 heteroatoms. The number of aromatic nitrogens is 2. The topological polar surface area (TPSA) is 96.3 Å². The second-order valence-electron chi connectivity index (χ2n) is 7.79. The molecule has 1 spiro atoms. The van der Waals surface area contributed by atoms with Crippen LogP contribution in [-0.2, 0) is 4.79 Å². The summed E-state index contributed by atoms with van der Waals surface area (Å²) in [5.41, 5.74) is 3.20. The standard InChI is InChI=1S/C22H21N5O3S/c28-19(25-27-20(29)22(23-21(27)30)11-5-2-6-12-22)17-14-16(18-10-7-13-31-18)24-26(17)15-8-3-1-4-9-15/h1,3-4,7-10,13-14H,2,5-6,11-12H2,(H,23,30)(H,25,28). The molecule has 1 saturated heterocycles. The molecule has 0 radical (unpaired) electrons. The maximum Gasteiger partial charge on any atom is 0.344 e. The third kappa shape index (κ3) is 3.40. The minimum absolute atomic E-state index is 0.236. The average Bonchev–Trinajstić information content (AvgIpc) is 3.51. The molecular formula is C22H21N5O3S. The fraction of sp³-hybridized carbons (Fsp3) is 0.273. The maximum absolute atomic E-state index is 13.2. The van der Waals surface area contributed by atoms with Crippen molar-refractivity contribution >= 4 is 29.2 Å². The van der Waals surface area contributed by atoms with Gasteiger partial charge in [0.1, 0.15) is 16.9 Å². The Bertz CT molecular complexity index is 1130. The SMILES string of the molecule is O=C(NN1C(=O)NC2(CCCCC2)C1=O)c1cc(-c2cccs2)nn1-c1ccccc1. The number of imide groups is 1. The van der Waals surface area contributed by atoms with Crippen molar-refractivity contribution in [3.05, 3.63) is 59.6 Å². The van der Waals surface area contributed by atoms with Crippen molar-refractivity contribution in [1.29, 1.82) is 0 Å². The smallest absolute Gasteiger partial charge is 0.322 e. The molecule has 2 fully saturated rings. The number of rotatable bonds is 4. The molecule has 3 heterocycles. The molecule has 3 aromatic rings. The van der Waals surface area contributed by atoms with Crippen molar-refractivity contribution in [2.45, 2.75) is 37.6 Å². The van der Waals surface area contributed by atoms with Gasteiger partial charge in [-0.2, -0.15) is 10.1 Å². The highest BCUT2D eigenvalue weighted by molar-refractivity contribution is 7.13. The van der Waals surface area contributed by atoms with Crippen LogP contribution >= 0.6 is 11.3 Å². The summed E-state index contributed by atoms with van der Waals surface area (Å²) in [7, 11) is 0. The summed E-state index contributed by atoms with van der Waals surface area (Å²) in [5, 5.41) is 10.2. The molecule has 31 heavy (non-hydrogen) atoms. The first-order valence-corrected chi connectivity index (χ1v) is 11.1. The van der Waals surface area contributed by atoms with Crippen molar-refractivity contribution in [1.82, 2.24) is 25.5 Å². The molecule has 2 N–H and O–H groups in total. The zero-order valence-electron chi connectivity index (χ0n) is 16.7. The molecule has 8 nitrogen and oxygen atoms in total. The summed E-state index contributed by atoms with van der Waals surface area (Å²) in [6, 6.07) is 14.2. The van der Waals surface area contributed by atoms with Crippen LogP contribution in [0.3, 0.4) is 0 Å². The molecule has 1 saturated carbocycles. The number of nitrogens with one attached hydrogen (secondary N) is 2. The first-order valence-electron chi connectivity index (χ1n) is 10.2. The second kappa shape index (κ2) is 7.66. The van der Waals surface area contributed by atoms with Gasteiger partial charge in [-0.25, -0.2) is 9.48 Å². The molecule has 158 valence electrons. The van der Waals surface area contributed by atoms with Crippen LogP contribution < -0.4 is 10.7 Å². The van der Waals surface area contributed by atoms with Gasteiger partial charge < -0.3 is 5.32 Å². The predicted octanol–water partition coefficient (Wildman–Crippen LogP) is 3.50. The first-order chi connectivity index (χ1) is 15.1. The molecular weight excluding hydrogens is 414 g/mol. The van der Waals surface area contributed by atoms with Crippen molar-refractivity contribution in [3.8, 4) is 16.3 Å². The van der Waals surface area contributed by atoms with Gasteiger partial charge in [0.15, 0.2) is 0 Å². The fourth-order valence-electron chi connectivity index (χ4n) is 4.23. The van der Waals surface area contributed by atoms with Crippen molar-refractivity contribution < 1.29 is 14.4 Å². The van der Waals surface area contributed by atoms with E-state index < -0.39 is 23.4 Å². The van der Waals surface area contributed by atoms with Crippen molar-refractivity contribution in [2.75, 3.05) is 0 Å². The minimum Gasteiger partial charge on any atom is -0.322 e. The highest BCUT2D eigenvalue weighted by Crippen LogP contribution is 2.33. The molecule has 0 unspecified atom stereocenters. The lowest BCUT2D eigenvalue weighted by Gasteiger charge is -2.30. The van der Waals surface area contributed by atoms with E-state index in [-0.39, 0.29) is 5.69 Å². The summed E-state index contributed by atoms with van der Waals surface area (Å²) in [5.74, 6) is -0.967. The van der Waals surface area contributed by atoms with Crippen molar-refractivity contribution in [2.24, 2.45) is 0 Å². The Morgan fingerprint density at radius 1 is 1.06 bits per heavy atom. The molecule has 4 amide bonds. The molecule has 1 aromatic carbocycles. The van der Waals surface area contributed by atoms with E-state index in [2.05, 4.69) is 15.8 Å². The van der Waals surface area contributed by atoms with E-state index in [1.165, 1.54) is 16.0 Å². The van der Waals surface area contributed by atoms with Crippen LogP contribution in [0.4, 0.5) is 4.79 Å². The largest absolute Gasteiger partial charge is 0.344 e. The number of hydrazine groups is 1. The number of para-hydroxylation sites is 1. The zero-order valence-corrected chi connectivity index (χ0v) is 17.5. The van der Waals surface area contributed by atoms with Crippen LogP contribution in [0.15, 0.2) is 53.9 Å². The zero-order chi connectivity index (χ0) is 21.4. The number of urea groups is 1. The highest BCUT2D eigenvalue weighted by Gasteiger charge is 2.52. The summed E-state index contributed by atoms with van der Waals surface area (Å²) in [6.07, 6.45) is 3.97. The minimum atomic E-state index is -0.898. The number of hydrogen-bond acceptors (Lipinski definition) is 5. The number of hydrogen-bond donors (Lipinski definition) is 2. The Kier molecular flexibility index (Phi) is 4.82. The van der Waals surface area contributed by atoms with E-state index >= 15 is 0 Å². The average molecular weight is 436 g/mol. The number of carbonyl (C=O) groups is 3. The summed E-state index contributed by atoms with van der Waals surface area (Å²) < 4.78 is 1.53. The van der Waals surface area contributed by atoms with Gasteiger partial charge in [-0.1, -0.05) is 43.5 Å². The van der Waals surface area contributed by atoms with Gasteiger partial charge >= 0.3 is 6.03 Å². The molecule has 0 bridgehead atoms. The maximum atomic E-state index is 13.2. The van der Waals surface area contributed by atoms with Crippen LogP contribution in [0.25, 0.3) is 16.3 Å². The highest BCUT2D eigenvalue weighted by atomic mass is 32.1. The Labute approximate surface area is 182 Å². The summed E-state index contributed by atoms with van der Waals surface area (Å²) in [4.78, 5) is 39.7. The predicted molar refractivity (Wildman–Crippen MR) is 116 cm³/mol. The van der Waals surface area contributed by atoms with Crippen LogP contribution in [0.2, 0.25) is 0 Å². The van der Waals surface area contributed by atoms with E-state index in [9.17, 15) is 14.4 Å². The van der Waals surface area contributed by atoms with Gasteiger partial charge in [-0.3, -0.25) is 15.0 Å². The van der Waals surface area contributed by atoms with Crippen LogP contribution in [0.1, 0.15) is 42.6 Å². The molecule has 1 aliphatic heterocycles. The second-order valence-corrected chi connectivity index (χ2v) is 8.74. The van der Waals surface area contributed by atoms with E-state index in [0.717, 1.165) is 29.1 Å². The first kappa shape index (κ1) is 19.5. The van der Waals surface area contributed by atoms with Crippen LogP contribution in [0.5, 0.6) is 0 Å². The van der Waals surface area contributed by atoms with Gasteiger partial charge in [-0.15, -0.1) is 11.3 Å². The molecule has 0 atom stereocenters. The Hall–Kier alpha value is -3.46. The Morgan fingerprint density at radius 2 is 1.84 bits per heavy atom. The Morgan fingerprint density at radius 3 is 2.55 bits per heavy atom. The van der Waals surface area contributed by atoms with Gasteiger partial charge in [-0.05, 0) is 42.5 Å². The lowest BCUT2D eigenvalue weighted by Crippen LogP contribution is -2.51. The van der Waals surface area contributed by atoms with Gasteiger partial charge in [0.05, 0.1) is 10.6 Å². The van der Waals surface area contributed by atoms with E-state index in [1.807, 2.05) is 47.8 Å². The van der Waals surface area contributed by atoms with E-state index in [4.69, 9.17) is 0 Å². The van der Waals surface area contributed by atoms with Crippen LogP contribution in [0, 0.1) is 0 Å². The van der Waals surface area contributed by atoms with Crippen LogP contribution in [-0.4, -0.2) is 38.2 Å². The molecule has 1 aliphatic carbocycles. The molecule has 2 aliphatic rings. The third-order valence-corrected chi connectivity index (χ3v) is 6.69. The molecule has 2 aromatic heterocycles. The lowest BCUT2D eigenvalue weighted by molar-refractivity contribution is -0.134. The number of carbonyl (C=O) groups excluding carboxylic acids is 3. The Balaban J connectivity index is 1.46. The number of thiophene rings is 1. The number of amides is 4. The monoisotopic (exact) mass is 435 g/mol. The van der Waals surface area contributed by atoms with Gasteiger partial charge in [0, 0.05) is 0 Å². The number of benzene rings is 1. The van der Waals surface area contributed by atoms with E-state index in [1.54, 1.807) is 6.07 Å². The van der Waals surface area contributed by atoms with Gasteiger partial charge in [0.25, 0.3) is 11.8 Å². The lowest BCUT2D eigenvalue weighted by atomic mass is 9.82. The third-order valence-electron chi connectivity index (χ3n) is 5.80.